The molecule has 1 fully saturated rings. The molecule has 1 N–H and O–H groups in total. The third-order valence-corrected chi connectivity index (χ3v) is 6.84. The fraction of sp³-hybridized carbons (Fsp3) is 0.154. The van der Waals surface area contributed by atoms with Crippen LogP contribution in [-0.2, 0) is 9.59 Å². The maximum Gasteiger partial charge on any atom is 0.301 e. The Morgan fingerprint density at radius 2 is 1.85 bits per heavy atom. The number of aryl methyl sites for hydroxylation is 2. The highest BCUT2D eigenvalue weighted by Crippen LogP contribution is 2.44. The van der Waals surface area contributed by atoms with Crippen molar-refractivity contribution in [2.45, 2.75) is 19.9 Å². The number of carbonyl (C=O) groups excluding carboxylic acids is 2. The zero-order valence-electron chi connectivity index (χ0n) is 18.8. The molecule has 3 heterocycles. The van der Waals surface area contributed by atoms with Gasteiger partial charge in [0, 0.05) is 18.0 Å². The van der Waals surface area contributed by atoms with Gasteiger partial charge in [-0.15, -0.1) is 0 Å². The van der Waals surface area contributed by atoms with Crippen LogP contribution < -0.4 is 9.64 Å². The molecule has 2 aromatic heterocycles. The van der Waals surface area contributed by atoms with Crippen LogP contribution >= 0.6 is 11.3 Å². The highest BCUT2D eigenvalue weighted by atomic mass is 32.1. The number of nitrogens with zero attached hydrogens (tertiary/aromatic N) is 3. The standard InChI is InChI=1S/C26H21N3O4S/c1-14-11-15(2)21-19(12-14)34-26(28-21)29-22(16-7-9-27-10-8-16)20(24(31)25(29)32)23(30)17-5-4-6-18(13-17)33-3/h4-13,22,30H,1-3H3. The molecule has 0 bridgehead atoms. The Morgan fingerprint density at radius 1 is 1.09 bits per heavy atom. The van der Waals surface area contributed by atoms with Gasteiger partial charge >= 0.3 is 5.91 Å². The minimum atomic E-state index is -0.851. The van der Waals surface area contributed by atoms with E-state index in [0.29, 0.717) is 22.0 Å². The second-order valence-electron chi connectivity index (χ2n) is 8.11. The quantitative estimate of drug-likeness (QED) is 0.257. The number of rotatable bonds is 4. The molecule has 4 aromatic rings. The molecule has 1 amide bonds. The molecule has 170 valence electrons. The lowest BCUT2D eigenvalue weighted by Crippen LogP contribution is -2.29. The Balaban J connectivity index is 1.73. The Kier molecular flexibility index (Phi) is 5.37. The van der Waals surface area contributed by atoms with Gasteiger partial charge in [0.2, 0.25) is 0 Å². The first kappa shape index (κ1) is 21.8. The van der Waals surface area contributed by atoms with Crippen molar-refractivity contribution in [3.8, 4) is 5.75 Å². The Hall–Kier alpha value is -4.04. The fourth-order valence-corrected chi connectivity index (χ4v) is 5.45. The van der Waals surface area contributed by atoms with Crippen LogP contribution in [0.2, 0.25) is 0 Å². The van der Waals surface area contributed by atoms with E-state index in [4.69, 9.17) is 9.72 Å². The minimum absolute atomic E-state index is 0.00314. The molecule has 2 aromatic carbocycles. The maximum atomic E-state index is 13.3. The van der Waals surface area contributed by atoms with Gasteiger partial charge in [0.25, 0.3) is 5.78 Å². The Morgan fingerprint density at radius 3 is 2.59 bits per heavy atom. The van der Waals surface area contributed by atoms with Crippen LogP contribution in [0, 0.1) is 13.8 Å². The third kappa shape index (κ3) is 3.52. The van der Waals surface area contributed by atoms with Crippen LogP contribution in [0.4, 0.5) is 5.13 Å². The fourth-order valence-electron chi connectivity index (χ4n) is 4.28. The van der Waals surface area contributed by atoms with Gasteiger partial charge in [-0.05, 0) is 60.9 Å². The third-order valence-electron chi connectivity index (χ3n) is 5.83. The summed E-state index contributed by atoms with van der Waals surface area (Å²) in [6.07, 6.45) is 3.18. The van der Waals surface area contributed by atoms with Gasteiger partial charge in [-0.1, -0.05) is 29.5 Å². The predicted octanol–water partition coefficient (Wildman–Crippen LogP) is 4.94. The number of hydrogen-bond acceptors (Lipinski definition) is 7. The van der Waals surface area contributed by atoms with Crippen LogP contribution in [0.5, 0.6) is 5.75 Å². The molecule has 34 heavy (non-hydrogen) atoms. The first-order chi connectivity index (χ1) is 16.4. The summed E-state index contributed by atoms with van der Waals surface area (Å²) in [5.41, 5.74) is 3.89. The molecular weight excluding hydrogens is 450 g/mol. The second kappa shape index (κ2) is 8.39. The molecule has 1 saturated heterocycles. The lowest BCUT2D eigenvalue weighted by atomic mass is 9.96. The lowest BCUT2D eigenvalue weighted by molar-refractivity contribution is -0.132. The second-order valence-corrected chi connectivity index (χ2v) is 9.12. The largest absolute Gasteiger partial charge is 0.507 e. The molecular formula is C26H21N3O4S. The highest BCUT2D eigenvalue weighted by molar-refractivity contribution is 7.22. The van der Waals surface area contributed by atoms with E-state index in [1.165, 1.54) is 23.3 Å². The summed E-state index contributed by atoms with van der Waals surface area (Å²) < 4.78 is 6.19. The van der Waals surface area contributed by atoms with Crippen molar-refractivity contribution in [1.29, 1.82) is 0 Å². The summed E-state index contributed by atoms with van der Waals surface area (Å²) in [6.45, 7) is 3.97. The van der Waals surface area contributed by atoms with E-state index >= 15 is 0 Å². The number of thiazole rings is 1. The number of aliphatic hydroxyl groups excluding tert-OH is 1. The molecule has 1 aliphatic heterocycles. The maximum absolute atomic E-state index is 13.3. The number of hydrogen-bond donors (Lipinski definition) is 1. The van der Waals surface area contributed by atoms with E-state index in [1.54, 1.807) is 48.8 Å². The number of carbonyl (C=O) groups is 2. The van der Waals surface area contributed by atoms with E-state index in [2.05, 4.69) is 4.98 Å². The summed E-state index contributed by atoms with van der Waals surface area (Å²) >= 11 is 1.34. The molecule has 8 heteroatoms. The average molecular weight is 472 g/mol. The number of anilines is 1. The van der Waals surface area contributed by atoms with Gasteiger partial charge in [0.15, 0.2) is 5.13 Å². The number of benzene rings is 2. The normalized spacial score (nSPS) is 17.5. The Labute approximate surface area is 200 Å². The molecule has 1 aliphatic rings. The number of aromatic nitrogens is 2. The smallest absolute Gasteiger partial charge is 0.301 e. The van der Waals surface area contributed by atoms with Crippen molar-refractivity contribution < 1.29 is 19.4 Å². The molecule has 1 atom stereocenters. The van der Waals surface area contributed by atoms with Gasteiger partial charge < -0.3 is 9.84 Å². The van der Waals surface area contributed by atoms with Gasteiger partial charge in [0.1, 0.15) is 11.5 Å². The van der Waals surface area contributed by atoms with Crippen molar-refractivity contribution in [1.82, 2.24) is 9.97 Å². The SMILES string of the molecule is COc1cccc(C(O)=C2C(=O)C(=O)N(c3nc4c(C)cc(C)cc4s3)C2c2ccncc2)c1. The average Bonchev–Trinajstić information content (AvgIpc) is 3.38. The minimum Gasteiger partial charge on any atom is -0.507 e. The summed E-state index contributed by atoms with van der Waals surface area (Å²) in [4.78, 5) is 36.8. The lowest BCUT2D eigenvalue weighted by Gasteiger charge is -2.22. The molecule has 7 nitrogen and oxygen atoms in total. The van der Waals surface area contributed by atoms with Crippen LogP contribution in [0.3, 0.4) is 0 Å². The van der Waals surface area contributed by atoms with E-state index in [1.807, 2.05) is 26.0 Å². The van der Waals surface area contributed by atoms with Crippen LogP contribution in [-0.4, -0.2) is 33.9 Å². The zero-order chi connectivity index (χ0) is 24.0. The topological polar surface area (TPSA) is 92.6 Å². The number of amides is 1. The van der Waals surface area contributed by atoms with E-state index < -0.39 is 17.7 Å². The van der Waals surface area contributed by atoms with Gasteiger partial charge in [0.05, 0.1) is 28.9 Å². The summed E-state index contributed by atoms with van der Waals surface area (Å²) in [7, 11) is 1.52. The predicted molar refractivity (Wildman–Crippen MR) is 131 cm³/mol. The summed E-state index contributed by atoms with van der Waals surface area (Å²) in [6, 6.07) is 13.4. The summed E-state index contributed by atoms with van der Waals surface area (Å²) in [5.74, 6) is -1.25. The van der Waals surface area contributed by atoms with Crippen molar-refractivity contribution >= 4 is 44.1 Å². The molecule has 0 saturated carbocycles. The highest BCUT2D eigenvalue weighted by Gasteiger charge is 2.48. The monoisotopic (exact) mass is 471 g/mol. The van der Waals surface area contributed by atoms with Crippen LogP contribution in [0.15, 0.2) is 66.5 Å². The number of methoxy groups -OCH3 is 1. The molecule has 5 rings (SSSR count). The van der Waals surface area contributed by atoms with Crippen LogP contribution in [0.1, 0.15) is 28.3 Å². The number of pyridine rings is 1. The van der Waals surface area contributed by atoms with Crippen molar-refractivity contribution in [3.63, 3.8) is 0 Å². The first-order valence-corrected chi connectivity index (χ1v) is 11.4. The van der Waals surface area contributed by atoms with Crippen molar-refractivity contribution in [2.75, 3.05) is 12.0 Å². The summed E-state index contributed by atoms with van der Waals surface area (Å²) in [5, 5.41) is 11.6. The number of fused-ring (bicyclic) bond motifs is 1. The molecule has 1 unspecified atom stereocenters. The van der Waals surface area contributed by atoms with Gasteiger partial charge in [-0.3, -0.25) is 19.5 Å². The van der Waals surface area contributed by atoms with Gasteiger partial charge in [-0.25, -0.2) is 4.98 Å². The number of ether oxygens (including phenoxy) is 1. The molecule has 0 radical (unpaired) electrons. The Bertz CT molecular complexity index is 1480. The van der Waals surface area contributed by atoms with E-state index in [0.717, 1.165) is 21.3 Å². The number of aliphatic hydroxyl groups is 1. The molecule has 0 aliphatic carbocycles. The van der Waals surface area contributed by atoms with Gasteiger partial charge in [-0.2, -0.15) is 0 Å². The van der Waals surface area contributed by atoms with E-state index in [9.17, 15) is 14.7 Å². The van der Waals surface area contributed by atoms with Crippen molar-refractivity contribution in [2.24, 2.45) is 0 Å². The number of Topliss-reactive ketones (excluding diaryl/α,β-unsaturated/α-hetero) is 1. The number of ketones is 1. The molecule has 0 spiro atoms. The van der Waals surface area contributed by atoms with E-state index in [-0.39, 0.29) is 11.3 Å². The first-order valence-electron chi connectivity index (χ1n) is 10.6. The zero-order valence-corrected chi connectivity index (χ0v) is 19.6. The van der Waals surface area contributed by atoms with Crippen molar-refractivity contribution in [3.05, 3.63) is 88.8 Å². The van der Waals surface area contributed by atoms with Crippen LogP contribution in [0.25, 0.3) is 16.0 Å².